The molecule has 4 nitrogen and oxygen atoms in total. The standard InChI is InChI=1S/C11H14N4/c1-8-4-3-5-11(14-8)15-9(2)10-6-12-13-7-10/h3-7,9H,1-2H3,(H,12,13)(H,14,15). The summed E-state index contributed by atoms with van der Waals surface area (Å²) in [6, 6.07) is 6.14. The monoisotopic (exact) mass is 202 g/mol. The lowest BCUT2D eigenvalue weighted by atomic mass is 10.2. The van der Waals surface area contributed by atoms with Gasteiger partial charge in [-0.2, -0.15) is 5.10 Å². The molecule has 0 saturated carbocycles. The van der Waals surface area contributed by atoms with Crippen molar-refractivity contribution < 1.29 is 0 Å². The number of pyridine rings is 1. The zero-order valence-electron chi connectivity index (χ0n) is 8.86. The van der Waals surface area contributed by atoms with Crippen LogP contribution in [0.4, 0.5) is 5.82 Å². The maximum atomic E-state index is 4.38. The Kier molecular flexibility index (Phi) is 2.67. The van der Waals surface area contributed by atoms with Crippen LogP contribution in [0.5, 0.6) is 0 Å². The second kappa shape index (κ2) is 4.13. The maximum Gasteiger partial charge on any atom is 0.126 e. The Balaban J connectivity index is 2.09. The number of aromatic amines is 1. The number of hydrogen-bond donors (Lipinski definition) is 2. The normalized spacial score (nSPS) is 12.4. The molecule has 0 saturated heterocycles. The van der Waals surface area contributed by atoms with E-state index < -0.39 is 0 Å². The number of aryl methyl sites for hydroxylation is 1. The lowest BCUT2D eigenvalue weighted by Crippen LogP contribution is -2.07. The summed E-state index contributed by atoms with van der Waals surface area (Å²) in [5, 5.41) is 10.0. The summed E-state index contributed by atoms with van der Waals surface area (Å²) in [5.74, 6) is 0.892. The highest BCUT2D eigenvalue weighted by atomic mass is 15.1. The van der Waals surface area contributed by atoms with Crippen molar-refractivity contribution in [2.45, 2.75) is 19.9 Å². The molecule has 0 aliphatic carbocycles. The van der Waals surface area contributed by atoms with E-state index in [0.717, 1.165) is 17.1 Å². The molecule has 0 fully saturated rings. The van der Waals surface area contributed by atoms with Crippen LogP contribution in [0, 0.1) is 6.92 Å². The first-order valence-electron chi connectivity index (χ1n) is 4.94. The molecule has 0 aromatic carbocycles. The molecule has 0 bridgehead atoms. The van der Waals surface area contributed by atoms with Gasteiger partial charge in [-0.25, -0.2) is 4.98 Å². The summed E-state index contributed by atoms with van der Waals surface area (Å²) in [4.78, 5) is 4.38. The average molecular weight is 202 g/mol. The quantitative estimate of drug-likeness (QED) is 0.802. The van der Waals surface area contributed by atoms with Crippen LogP contribution in [0.1, 0.15) is 24.2 Å². The highest BCUT2D eigenvalue weighted by molar-refractivity contribution is 5.37. The molecule has 1 atom stereocenters. The van der Waals surface area contributed by atoms with Gasteiger partial charge in [0.2, 0.25) is 0 Å². The van der Waals surface area contributed by atoms with Crippen molar-refractivity contribution in [2.24, 2.45) is 0 Å². The van der Waals surface area contributed by atoms with E-state index in [2.05, 4.69) is 27.4 Å². The molecular formula is C11H14N4. The number of nitrogens with zero attached hydrogens (tertiary/aromatic N) is 2. The minimum absolute atomic E-state index is 0.207. The Morgan fingerprint density at radius 2 is 2.27 bits per heavy atom. The first kappa shape index (κ1) is 9.71. The molecule has 15 heavy (non-hydrogen) atoms. The van der Waals surface area contributed by atoms with Gasteiger partial charge in [-0.1, -0.05) is 6.07 Å². The van der Waals surface area contributed by atoms with E-state index in [1.54, 1.807) is 0 Å². The van der Waals surface area contributed by atoms with Gasteiger partial charge in [0.25, 0.3) is 0 Å². The lowest BCUT2D eigenvalue weighted by Gasteiger charge is -2.12. The zero-order chi connectivity index (χ0) is 10.7. The molecule has 2 heterocycles. The smallest absolute Gasteiger partial charge is 0.126 e. The Morgan fingerprint density at radius 1 is 1.40 bits per heavy atom. The number of hydrogen-bond acceptors (Lipinski definition) is 3. The highest BCUT2D eigenvalue weighted by Gasteiger charge is 2.06. The number of anilines is 1. The fourth-order valence-corrected chi connectivity index (χ4v) is 1.43. The molecule has 2 rings (SSSR count). The van der Waals surface area contributed by atoms with Crippen molar-refractivity contribution in [2.75, 3.05) is 5.32 Å². The molecular weight excluding hydrogens is 188 g/mol. The number of nitrogens with one attached hydrogen (secondary N) is 2. The van der Waals surface area contributed by atoms with Gasteiger partial charge in [0, 0.05) is 17.5 Å². The van der Waals surface area contributed by atoms with Crippen molar-refractivity contribution in [1.29, 1.82) is 0 Å². The topological polar surface area (TPSA) is 53.6 Å². The molecule has 4 heteroatoms. The first-order valence-corrected chi connectivity index (χ1v) is 4.94. The molecule has 0 aliphatic rings. The summed E-state index contributed by atoms with van der Waals surface area (Å²) in [5.41, 5.74) is 2.14. The Labute approximate surface area is 88.8 Å². The van der Waals surface area contributed by atoms with Crippen LogP contribution in [0.25, 0.3) is 0 Å². The van der Waals surface area contributed by atoms with Crippen molar-refractivity contribution in [3.8, 4) is 0 Å². The molecule has 1 unspecified atom stereocenters. The van der Waals surface area contributed by atoms with Gasteiger partial charge >= 0.3 is 0 Å². The van der Waals surface area contributed by atoms with E-state index in [1.165, 1.54) is 0 Å². The van der Waals surface area contributed by atoms with Crippen LogP contribution in [-0.2, 0) is 0 Å². The average Bonchev–Trinajstić information content (AvgIpc) is 2.70. The van der Waals surface area contributed by atoms with E-state index in [4.69, 9.17) is 0 Å². The highest BCUT2D eigenvalue weighted by Crippen LogP contribution is 2.16. The number of aromatic nitrogens is 3. The van der Waals surface area contributed by atoms with Crippen molar-refractivity contribution >= 4 is 5.82 Å². The minimum Gasteiger partial charge on any atom is -0.363 e. The van der Waals surface area contributed by atoms with Gasteiger partial charge in [-0.3, -0.25) is 5.10 Å². The summed E-state index contributed by atoms with van der Waals surface area (Å²) >= 11 is 0. The van der Waals surface area contributed by atoms with Gasteiger partial charge < -0.3 is 5.32 Å². The Bertz CT molecular complexity index is 422. The van der Waals surface area contributed by atoms with Crippen LogP contribution < -0.4 is 5.32 Å². The van der Waals surface area contributed by atoms with E-state index in [1.807, 2.05) is 37.5 Å². The number of rotatable bonds is 3. The molecule has 0 spiro atoms. The largest absolute Gasteiger partial charge is 0.363 e. The van der Waals surface area contributed by atoms with Crippen LogP contribution in [0.15, 0.2) is 30.6 Å². The molecule has 2 aromatic heterocycles. The fraction of sp³-hybridized carbons (Fsp3) is 0.273. The molecule has 0 aliphatic heterocycles. The predicted octanol–water partition coefficient (Wildman–Crippen LogP) is 2.29. The maximum absolute atomic E-state index is 4.38. The van der Waals surface area contributed by atoms with Crippen molar-refractivity contribution in [3.05, 3.63) is 41.9 Å². The van der Waals surface area contributed by atoms with Gasteiger partial charge in [0.15, 0.2) is 0 Å². The van der Waals surface area contributed by atoms with E-state index >= 15 is 0 Å². The second-order valence-corrected chi connectivity index (χ2v) is 3.56. The predicted molar refractivity (Wildman–Crippen MR) is 59.6 cm³/mol. The van der Waals surface area contributed by atoms with Crippen LogP contribution in [0.3, 0.4) is 0 Å². The molecule has 78 valence electrons. The van der Waals surface area contributed by atoms with Crippen molar-refractivity contribution in [3.63, 3.8) is 0 Å². The minimum atomic E-state index is 0.207. The number of H-pyrrole nitrogens is 1. The van der Waals surface area contributed by atoms with Crippen LogP contribution in [0.2, 0.25) is 0 Å². The SMILES string of the molecule is Cc1cccc(NC(C)c2cn[nH]c2)n1. The second-order valence-electron chi connectivity index (χ2n) is 3.56. The third-order valence-corrected chi connectivity index (χ3v) is 2.27. The van der Waals surface area contributed by atoms with E-state index in [-0.39, 0.29) is 6.04 Å². The summed E-state index contributed by atoms with van der Waals surface area (Å²) < 4.78 is 0. The van der Waals surface area contributed by atoms with Crippen LogP contribution in [-0.4, -0.2) is 15.2 Å². The van der Waals surface area contributed by atoms with Crippen molar-refractivity contribution in [1.82, 2.24) is 15.2 Å². The fourth-order valence-electron chi connectivity index (χ4n) is 1.43. The van der Waals surface area contributed by atoms with Gasteiger partial charge in [-0.05, 0) is 26.0 Å². The Hall–Kier alpha value is -1.84. The van der Waals surface area contributed by atoms with Gasteiger partial charge in [0.05, 0.1) is 12.2 Å². The third kappa shape index (κ3) is 2.34. The van der Waals surface area contributed by atoms with Crippen LogP contribution >= 0.6 is 0 Å². The summed E-state index contributed by atoms with van der Waals surface area (Å²) in [6.45, 7) is 4.06. The van der Waals surface area contributed by atoms with Gasteiger partial charge in [0.1, 0.15) is 5.82 Å². The van der Waals surface area contributed by atoms with Gasteiger partial charge in [-0.15, -0.1) is 0 Å². The van der Waals surface area contributed by atoms with E-state index in [0.29, 0.717) is 0 Å². The molecule has 0 radical (unpaired) electrons. The van der Waals surface area contributed by atoms with E-state index in [9.17, 15) is 0 Å². The Morgan fingerprint density at radius 3 is 2.93 bits per heavy atom. The molecule has 2 N–H and O–H groups in total. The first-order chi connectivity index (χ1) is 7.25. The molecule has 2 aromatic rings. The zero-order valence-corrected chi connectivity index (χ0v) is 8.86. The lowest BCUT2D eigenvalue weighted by molar-refractivity contribution is 0.873. The summed E-state index contributed by atoms with van der Waals surface area (Å²) in [7, 11) is 0. The summed E-state index contributed by atoms with van der Waals surface area (Å²) in [6.07, 6.45) is 3.70. The third-order valence-electron chi connectivity index (χ3n) is 2.27. The molecule has 0 amide bonds.